The highest BCUT2D eigenvalue weighted by Crippen LogP contribution is 2.32. The van der Waals surface area contributed by atoms with Gasteiger partial charge in [-0.25, -0.2) is 13.6 Å². The number of esters is 2. The summed E-state index contributed by atoms with van der Waals surface area (Å²) in [7, 11) is 2.68. The quantitative estimate of drug-likeness (QED) is 0.0569. The van der Waals surface area contributed by atoms with Gasteiger partial charge in [0.2, 0.25) is 0 Å². The maximum absolute atomic E-state index is 14.9. The second kappa shape index (κ2) is 18.5. The van der Waals surface area contributed by atoms with Gasteiger partial charge in [-0.1, -0.05) is 54.6 Å². The van der Waals surface area contributed by atoms with E-state index in [-0.39, 0.29) is 18.1 Å². The van der Waals surface area contributed by atoms with Crippen LogP contribution in [0.4, 0.5) is 22.0 Å². The van der Waals surface area contributed by atoms with Crippen LogP contribution in [0.3, 0.4) is 0 Å². The number of rotatable bonds is 16. The lowest BCUT2D eigenvalue weighted by Gasteiger charge is -2.23. The normalized spacial score (nSPS) is 11.4. The van der Waals surface area contributed by atoms with E-state index in [0.717, 1.165) is 46.9 Å². The highest BCUT2D eigenvalue weighted by atomic mass is 19.4. The minimum atomic E-state index is -4.41. The molecule has 5 aromatic carbocycles. The maximum Gasteiger partial charge on any atom is 0.416 e. The third-order valence-electron chi connectivity index (χ3n) is 9.01. The van der Waals surface area contributed by atoms with Gasteiger partial charge in [0.25, 0.3) is 0 Å². The van der Waals surface area contributed by atoms with Crippen LogP contribution >= 0.6 is 0 Å². The van der Waals surface area contributed by atoms with Gasteiger partial charge >= 0.3 is 18.1 Å². The summed E-state index contributed by atoms with van der Waals surface area (Å²) in [6.45, 7) is 1.95. The van der Waals surface area contributed by atoms with Crippen molar-refractivity contribution in [1.82, 2.24) is 4.90 Å². The van der Waals surface area contributed by atoms with E-state index in [2.05, 4.69) is 4.90 Å². The molecule has 0 saturated carbocycles. The number of methoxy groups -OCH3 is 2. The monoisotopic (exact) mass is 745 g/mol. The highest BCUT2D eigenvalue weighted by molar-refractivity contribution is 5.89. The molecule has 0 saturated heterocycles. The average Bonchev–Trinajstić information content (AvgIpc) is 3.17. The van der Waals surface area contributed by atoms with Gasteiger partial charge in [0.15, 0.2) is 0 Å². The molecule has 6 nitrogen and oxygen atoms in total. The Kier molecular flexibility index (Phi) is 13.6. The fraction of sp³-hybridized carbons (Fsp3) is 0.256. The Hall–Kier alpha value is -5.55. The Bertz CT molecular complexity index is 2010. The summed E-state index contributed by atoms with van der Waals surface area (Å²) in [5, 5.41) is 0. The third-order valence-corrected chi connectivity index (χ3v) is 9.01. The molecule has 0 N–H and O–H groups in total. The Morgan fingerprint density at radius 2 is 1.33 bits per heavy atom. The predicted octanol–water partition coefficient (Wildman–Crippen LogP) is 10.1. The first kappa shape index (κ1) is 39.7. The minimum Gasteiger partial charge on any atom is -0.489 e. The number of halogens is 5. The number of hydrogen-bond acceptors (Lipinski definition) is 6. The number of alkyl halides is 3. The van der Waals surface area contributed by atoms with Gasteiger partial charge in [0.1, 0.15) is 24.0 Å². The Labute approximate surface area is 311 Å². The van der Waals surface area contributed by atoms with E-state index in [1.807, 2.05) is 42.5 Å². The Morgan fingerprint density at radius 1 is 0.685 bits per heavy atom. The molecule has 0 aliphatic heterocycles. The summed E-state index contributed by atoms with van der Waals surface area (Å²) < 4.78 is 83.6. The first-order valence-corrected chi connectivity index (χ1v) is 17.4. The molecule has 5 rings (SSSR count). The lowest BCUT2D eigenvalue weighted by molar-refractivity contribution is -0.140. The van der Waals surface area contributed by atoms with E-state index in [0.29, 0.717) is 61.3 Å². The van der Waals surface area contributed by atoms with Crippen molar-refractivity contribution < 1.29 is 45.8 Å². The SMILES string of the molecule is COC(=O)CCCCN(CCc1cc(-c2ccc(F)cc2F)ccc1OCc1ccc(-c2ccc(C(F)(F)F)cc2)cc1)Cc1ccc(C(=O)OC)cc1. The number of nitrogens with zero attached hydrogens (tertiary/aromatic N) is 1. The fourth-order valence-corrected chi connectivity index (χ4v) is 5.99. The zero-order chi connectivity index (χ0) is 38.7. The maximum atomic E-state index is 14.9. The molecule has 0 fully saturated rings. The standard InChI is InChI=1S/C43H40F5NO5/c1-52-41(50)5-3-4-23-49(27-29-6-12-33(13-7-29)42(51)53-2)24-22-35-25-34(38-20-19-37(44)26-39(38)45)16-21-40(35)54-28-30-8-10-31(11-9-30)32-14-17-36(18-15-32)43(46,47)48/h6-21,25-26H,3-5,22-24,27-28H2,1-2H3. The zero-order valence-corrected chi connectivity index (χ0v) is 29.9. The van der Waals surface area contributed by atoms with Crippen molar-refractivity contribution in [3.8, 4) is 28.0 Å². The van der Waals surface area contributed by atoms with Gasteiger partial charge in [0.05, 0.1) is 25.3 Å². The average molecular weight is 746 g/mol. The Balaban J connectivity index is 1.35. The van der Waals surface area contributed by atoms with Gasteiger partial charge in [0, 0.05) is 31.1 Å². The molecule has 0 unspecified atom stereocenters. The summed E-state index contributed by atoms with van der Waals surface area (Å²) in [4.78, 5) is 25.9. The molecule has 54 heavy (non-hydrogen) atoms. The molecule has 0 amide bonds. The van der Waals surface area contributed by atoms with Gasteiger partial charge in [-0.3, -0.25) is 9.69 Å². The van der Waals surface area contributed by atoms with Gasteiger partial charge in [-0.2, -0.15) is 13.2 Å². The van der Waals surface area contributed by atoms with Crippen molar-refractivity contribution in [1.29, 1.82) is 0 Å². The number of ether oxygens (including phenoxy) is 3. The number of benzene rings is 5. The smallest absolute Gasteiger partial charge is 0.416 e. The van der Waals surface area contributed by atoms with Gasteiger partial charge in [-0.15, -0.1) is 0 Å². The van der Waals surface area contributed by atoms with Gasteiger partial charge < -0.3 is 14.2 Å². The van der Waals surface area contributed by atoms with E-state index < -0.39 is 29.3 Å². The molecular formula is C43H40F5NO5. The lowest BCUT2D eigenvalue weighted by atomic mass is 10.00. The molecular weight excluding hydrogens is 705 g/mol. The molecule has 282 valence electrons. The molecule has 0 bridgehead atoms. The first-order valence-electron chi connectivity index (χ1n) is 17.4. The Morgan fingerprint density at radius 3 is 1.96 bits per heavy atom. The van der Waals surface area contributed by atoms with Crippen LogP contribution in [0.5, 0.6) is 5.75 Å². The fourth-order valence-electron chi connectivity index (χ4n) is 5.99. The lowest BCUT2D eigenvalue weighted by Crippen LogP contribution is -2.27. The van der Waals surface area contributed by atoms with Crippen molar-refractivity contribution in [2.45, 2.75) is 45.0 Å². The molecule has 0 radical (unpaired) electrons. The van der Waals surface area contributed by atoms with Crippen LogP contribution in [0.15, 0.2) is 109 Å². The summed E-state index contributed by atoms with van der Waals surface area (Å²) in [6.07, 6.45) is -2.26. The second-order valence-corrected chi connectivity index (χ2v) is 12.8. The molecule has 0 spiro atoms. The molecule has 0 aliphatic carbocycles. The predicted molar refractivity (Wildman–Crippen MR) is 196 cm³/mol. The van der Waals surface area contributed by atoms with Gasteiger partial charge in [-0.05, 0) is 108 Å². The summed E-state index contributed by atoms with van der Waals surface area (Å²) in [5.74, 6) is -1.50. The molecule has 0 atom stereocenters. The molecule has 5 aromatic rings. The van der Waals surface area contributed by atoms with Crippen LogP contribution in [0.25, 0.3) is 22.3 Å². The number of hydrogen-bond donors (Lipinski definition) is 0. The van der Waals surface area contributed by atoms with Crippen LogP contribution in [0, 0.1) is 11.6 Å². The second-order valence-electron chi connectivity index (χ2n) is 12.8. The van der Waals surface area contributed by atoms with Crippen molar-refractivity contribution in [3.05, 3.63) is 149 Å². The molecule has 0 heterocycles. The van der Waals surface area contributed by atoms with Crippen molar-refractivity contribution in [2.75, 3.05) is 27.3 Å². The van der Waals surface area contributed by atoms with Crippen LogP contribution in [-0.2, 0) is 40.0 Å². The van der Waals surface area contributed by atoms with E-state index >= 15 is 0 Å². The van der Waals surface area contributed by atoms with E-state index in [1.54, 1.807) is 24.3 Å². The highest BCUT2D eigenvalue weighted by Gasteiger charge is 2.30. The first-order chi connectivity index (χ1) is 25.9. The van der Waals surface area contributed by atoms with E-state index in [9.17, 15) is 31.5 Å². The van der Waals surface area contributed by atoms with Crippen LogP contribution < -0.4 is 4.74 Å². The largest absolute Gasteiger partial charge is 0.489 e. The molecule has 0 aliphatic rings. The zero-order valence-electron chi connectivity index (χ0n) is 29.9. The summed E-state index contributed by atoms with van der Waals surface area (Å²) >= 11 is 0. The van der Waals surface area contributed by atoms with Crippen LogP contribution in [0.1, 0.15) is 51.9 Å². The van der Waals surface area contributed by atoms with Crippen molar-refractivity contribution >= 4 is 11.9 Å². The van der Waals surface area contributed by atoms with Crippen molar-refractivity contribution in [2.24, 2.45) is 0 Å². The van der Waals surface area contributed by atoms with Crippen molar-refractivity contribution in [3.63, 3.8) is 0 Å². The molecule has 11 heteroatoms. The van der Waals surface area contributed by atoms with E-state index in [4.69, 9.17) is 14.2 Å². The number of carbonyl (C=O) groups is 2. The topological polar surface area (TPSA) is 65.1 Å². The summed E-state index contributed by atoms with van der Waals surface area (Å²) in [6, 6.07) is 28.2. The third kappa shape index (κ3) is 11.0. The number of carbonyl (C=O) groups excluding carboxylic acids is 2. The number of unbranched alkanes of at least 4 members (excludes halogenated alkanes) is 1. The van der Waals surface area contributed by atoms with Crippen LogP contribution in [0.2, 0.25) is 0 Å². The summed E-state index contributed by atoms with van der Waals surface area (Å²) in [5.41, 5.74) is 4.51. The minimum absolute atomic E-state index is 0.189. The van der Waals surface area contributed by atoms with Crippen LogP contribution in [-0.4, -0.2) is 44.1 Å². The molecule has 0 aromatic heterocycles. The van der Waals surface area contributed by atoms with E-state index in [1.165, 1.54) is 38.5 Å².